The fourth-order valence-electron chi connectivity index (χ4n) is 6.56. The lowest BCUT2D eigenvalue weighted by Crippen LogP contribution is -2.60. The number of nitrogens with one attached hydrogen (secondary N) is 1. The minimum absolute atomic E-state index is 0.119. The average Bonchev–Trinajstić information content (AvgIpc) is 3.04. The third-order valence-electron chi connectivity index (χ3n) is 7.29. The van der Waals surface area contributed by atoms with Crippen molar-refractivity contribution < 1.29 is 14.7 Å². The van der Waals surface area contributed by atoms with Gasteiger partial charge in [0.25, 0.3) is 0 Å². The Morgan fingerprint density at radius 1 is 1.15 bits per heavy atom. The maximum Gasteiger partial charge on any atom is 0.227 e. The first-order chi connectivity index (χ1) is 12.9. The van der Waals surface area contributed by atoms with Crippen LogP contribution in [0.4, 0.5) is 5.69 Å². The van der Waals surface area contributed by atoms with Crippen molar-refractivity contribution in [3.8, 4) is 0 Å². The van der Waals surface area contributed by atoms with Gasteiger partial charge in [0.15, 0.2) is 0 Å². The standard InChI is InChI=1S/C22H28N2O3/c25-19-2-1-7-24(19)18-5-3-15(4-6-18)13-23-20(26)21-9-16-8-17(10-21)12-22(27,11-16)14-21/h3-6,16-17,27H,1-2,7-14H2,(H,23,26). The van der Waals surface area contributed by atoms with Crippen LogP contribution in [-0.2, 0) is 16.1 Å². The highest BCUT2D eigenvalue weighted by molar-refractivity contribution is 5.95. The molecule has 0 spiro atoms. The Labute approximate surface area is 160 Å². The van der Waals surface area contributed by atoms with Gasteiger partial charge in [0.05, 0.1) is 11.0 Å². The van der Waals surface area contributed by atoms with Gasteiger partial charge < -0.3 is 15.3 Å². The number of hydrogen-bond donors (Lipinski definition) is 2. The van der Waals surface area contributed by atoms with Gasteiger partial charge in [-0.2, -0.15) is 0 Å². The highest BCUT2D eigenvalue weighted by Crippen LogP contribution is 2.61. The van der Waals surface area contributed by atoms with Gasteiger partial charge >= 0.3 is 0 Å². The molecule has 6 rings (SSSR count). The second kappa shape index (κ2) is 6.06. The van der Waals surface area contributed by atoms with Gasteiger partial charge in [-0.05, 0) is 74.5 Å². The van der Waals surface area contributed by atoms with Gasteiger partial charge in [0.1, 0.15) is 0 Å². The number of nitrogens with zero attached hydrogens (tertiary/aromatic N) is 1. The molecule has 1 aromatic rings. The third-order valence-corrected chi connectivity index (χ3v) is 7.29. The van der Waals surface area contributed by atoms with E-state index in [9.17, 15) is 14.7 Å². The Balaban J connectivity index is 1.24. The van der Waals surface area contributed by atoms with Crippen LogP contribution in [-0.4, -0.2) is 29.1 Å². The largest absolute Gasteiger partial charge is 0.390 e. The number of benzene rings is 1. The molecule has 2 unspecified atom stereocenters. The van der Waals surface area contributed by atoms with Gasteiger partial charge in [-0.15, -0.1) is 0 Å². The van der Waals surface area contributed by atoms with Crippen LogP contribution in [0, 0.1) is 17.3 Å². The Morgan fingerprint density at radius 3 is 2.44 bits per heavy atom. The molecule has 4 bridgehead atoms. The normalized spacial score (nSPS) is 37.1. The zero-order valence-electron chi connectivity index (χ0n) is 15.7. The van der Waals surface area contributed by atoms with Crippen LogP contribution < -0.4 is 10.2 Å². The number of carbonyl (C=O) groups is 2. The highest BCUT2D eigenvalue weighted by Gasteiger charge is 2.60. The molecule has 4 aliphatic carbocycles. The summed E-state index contributed by atoms with van der Waals surface area (Å²) in [7, 11) is 0. The lowest BCUT2D eigenvalue weighted by molar-refractivity contribution is -0.178. The van der Waals surface area contributed by atoms with E-state index < -0.39 is 5.60 Å². The minimum Gasteiger partial charge on any atom is -0.390 e. The third kappa shape index (κ3) is 2.96. The van der Waals surface area contributed by atoms with Crippen molar-refractivity contribution in [2.45, 2.75) is 63.5 Å². The van der Waals surface area contributed by atoms with Crippen molar-refractivity contribution in [1.82, 2.24) is 5.32 Å². The van der Waals surface area contributed by atoms with Crippen LogP contribution in [0.25, 0.3) is 0 Å². The summed E-state index contributed by atoms with van der Waals surface area (Å²) in [5.41, 5.74) is 1.02. The molecule has 2 amide bonds. The fraction of sp³-hybridized carbons (Fsp3) is 0.636. The monoisotopic (exact) mass is 368 g/mol. The summed E-state index contributed by atoms with van der Waals surface area (Å²) in [6, 6.07) is 7.93. The number of rotatable bonds is 4. The van der Waals surface area contributed by atoms with E-state index in [0.29, 0.717) is 31.2 Å². The molecule has 5 nitrogen and oxygen atoms in total. The molecule has 1 aliphatic heterocycles. The van der Waals surface area contributed by atoms with Crippen molar-refractivity contribution in [3.05, 3.63) is 29.8 Å². The van der Waals surface area contributed by atoms with E-state index in [-0.39, 0.29) is 17.2 Å². The quantitative estimate of drug-likeness (QED) is 0.859. The van der Waals surface area contributed by atoms with E-state index in [4.69, 9.17) is 0 Å². The van der Waals surface area contributed by atoms with Crippen molar-refractivity contribution in [3.63, 3.8) is 0 Å². The summed E-state index contributed by atoms with van der Waals surface area (Å²) < 4.78 is 0. The van der Waals surface area contributed by atoms with E-state index in [1.54, 1.807) is 0 Å². The maximum absolute atomic E-state index is 13.1. The Bertz CT molecular complexity index is 758. The SMILES string of the molecule is O=C1CCCN1c1ccc(CNC(=O)C23CC4CC(CC(O)(C4)C2)C3)cc1. The second-order valence-electron chi connectivity index (χ2n) is 9.46. The first-order valence-electron chi connectivity index (χ1n) is 10.3. The number of carbonyl (C=O) groups excluding carboxylic acids is 2. The van der Waals surface area contributed by atoms with Crippen LogP contribution >= 0.6 is 0 Å². The maximum atomic E-state index is 13.1. The molecule has 2 N–H and O–H groups in total. The molecule has 0 aromatic heterocycles. The van der Waals surface area contributed by atoms with E-state index in [0.717, 1.165) is 49.9 Å². The minimum atomic E-state index is -0.606. The number of hydrogen-bond acceptors (Lipinski definition) is 3. The predicted molar refractivity (Wildman–Crippen MR) is 102 cm³/mol. The lowest BCUT2D eigenvalue weighted by Gasteiger charge is -2.59. The van der Waals surface area contributed by atoms with Crippen molar-refractivity contribution in [2.75, 3.05) is 11.4 Å². The number of aliphatic hydroxyl groups is 1. The van der Waals surface area contributed by atoms with Crippen LogP contribution in [0.3, 0.4) is 0 Å². The molecule has 0 radical (unpaired) electrons. The van der Waals surface area contributed by atoms with Crippen LogP contribution in [0.1, 0.15) is 56.9 Å². The van der Waals surface area contributed by atoms with E-state index >= 15 is 0 Å². The molecule has 1 aromatic carbocycles. The molecule has 5 fully saturated rings. The summed E-state index contributed by atoms with van der Waals surface area (Å²) >= 11 is 0. The van der Waals surface area contributed by atoms with E-state index in [1.807, 2.05) is 29.2 Å². The highest BCUT2D eigenvalue weighted by atomic mass is 16.3. The Hall–Kier alpha value is -1.88. The molecule has 144 valence electrons. The summed E-state index contributed by atoms with van der Waals surface area (Å²) in [5, 5.41) is 14.0. The van der Waals surface area contributed by atoms with Gasteiger partial charge in [0.2, 0.25) is 11.8 Å². The molecule has 1 saturated heterocycles. The van der Waals surface area contributed by atoms with Crippen LogP contribution in [0.2, 0.25) is 0 Å². The van der Waals surface area contributed by atoms with Gasteiger partial charge in [-0.25, -0.2) is 0 Å². The molecule has 5 heteroatoms. The molecular weight excluding hydrogens is 340 g/mol. The summed E-state index contributed by atoms with van der Waals surface area (Å²) in [5.74, 6) is 1.34. The van der Waals surface area contributed by atoms with Gasteiger partial charge in [-0.3, -0.25) is 9.59 Å². The Kier molecular flexibility index (Phi) is 3.87. The summed E-state index contributed by atoms with van der Waals surface area (Å²) in [6.07, 6.45) is 7.02. The number of amides is 2. The first kappa shape index (κ1) is 17.2. The zero-order valence-corrected chi connectivity index (χ0v) is 15.7. The molecule has 2 atom stereocenters. The second-order valence-corrected chi connectivity index (χ2v) is 9.46. The van der Waals surface area contributed by atoms with Gasteiger partial charge in [-0.1, -0.05) is 12.1 Å². The smallest absolute Gasteiger partial charge is 0.227 e. The van der Waals surface area contributed by atoms with E-state index in [2.05, 4.69) is 5.32 Å². The van der Waals surface area contributed by atoms with Gasteiger partial charge in [0, 0.05) is 25.2 Å². The summed E-state index contributed by atoms with van der Waals surface area (Å²) in [6.45, 7) is 1.30. The first-order valence-corrected chi connectivity index (χ1v) is 10.3. The predicted octanol–water partition coefficient (Wildman–Crippen LogP) is 2.76. The lowest BCUT2D eigenvalue weighted by atomic mass is 9.47. The average molecular weight is 368 g/mol. The van der Waals surface area contributed by atoms with Crippen molar-refractivity contribution in [2.24, 2.45) is 17.3 Å². The summed E-state index contributed by atoms with van der Waals surface area (Å²) in [4.78, 5) is 26.7. The Morgan fingerprint density at radius 2 is 1.85 bits per heavy atom. The number of anilines is 1. The fourth-order valence-corrected chi connectivity index (χ4v) is 6.56. The molecule has 27 heavy (non-hydrogen) atoms. The molecule has 4 saturated carbocycles. The van der Waals surface area contributed by atoms with Crippen molar-refractivity contribution >= 4 is 17.5 Å². The topological polar surface area (TPSA) is 69.6 Å². The zero-order chi connectivity index (χ0) is 18.6. The van der Waals surface area contributed by atoms with E-state index in [1.165, 1.54) is 6.42 Å². The molecule has 5 aliphatic rings. The molecular formula is C22H28N2O3. The van der Waals surface area contributed by atoms with Crippen LogP contribution in [0.15, 0.2) is 24.3 Å². The van der Waals surface area contributed by atoms with Crippen molar-refractivity contribution in [1.29, 1.82) is 0 Å². The van der Waals surface area contributed by atoms with Crippen LogP contribution in [0.5, 0.6) is 0 Å². The molecule has 1 heterocycles.